The van der Waals surface area contributed by atoms with Crippen molar-refractivity contribution in [1.82, 2.24) is 10.3 Å². The molecule has 0 aliphatic carbocycles. The summed E-state index contributed by atoms with van der Waals surface area (Å²) in [6.07, 6.45) is 4.89. The maximum Gasteiger partial charge on any atom is 0.161 e. The van der Waals surface area contributed by atoms with Gasteiger partial charge in [0.2, 0.25) is 0 Å². The predicted octanol–water partition coefficient (Wildman–Crippen LogP) is 2.77. The van der Waals surface area contributed by atoms with Crippen molar-refractivity contribution in [2.24, 2.45) is 5.92 Å². The largest absolute Gasteiger partial charge is 0.362 e. The Morgan fingerprint density at radius 3 is 2.50 bits per heavy atom. The molecule has 1 aromatic heterocycles. The molecule has 1 aliphatic heterocycles. The first-order valence-corrected chi connectivity index (χ1v) is 6.99. The van der Waals surface area contributed by atoms with E-state index in [4.69, 9.17) is 0 Å². The van der Waals surface area contributed by atoms with Crippen LogP contribution in [0.3, 0.4) is 0 Å². The van der Waals surface area contributed by atoms with E-state index < -0.39 is 0 Å². The summed E-state index contributed by atoms with van der Waals surface area (Å²) >= 11 is 0. The van der Waals surface area contributed by atoms with E-state index in [2.05, 4.69) is 17.2 Å². The summed E-state index contributed by atoms with van der Waals surface area (Å²) in [5.74, 6) is 1.02. The summed E-state index contributed by atoms with van der Waals surface area (Å²) in [7, 11) is 0. The van der Waals surface area contributed by atoms with Crippen molar-refractivity contribution in [3.63, 3.8) is 0 Å². The van der Waals surface area contributed by atoms with Gasteiger partial charge in [0.1, 0.15) is 0 Å². The quantitative estimate of drug-likeness (QED) is 0.805. The van der Waals surface area contributed by atoms with Gasteiger partial charge in [-0.15, -0.1) is 0 Å². The first-order valence-electron chi connectivity index (χ1n) is 6.99. The van der Waals surface area contributed by atoms with E-state index in [1.54, 1.807) is 6.92 Å². The highest BCUT2D eigenvalue weighted by Crippen LogP contribution is 2.23. The number of Topliss-reactive ketones (excluding diaryl/α,β-unsaturated/α-hetero) is 1. The van der Waals surface area contributed by atoms with Gasteiger partial charge in [-0.3, -0.25) is 4.79 Å². The van der Waals surface area contributed by atoms with Gasteiger partial charge in [-0.1, -0.05) is 0 Å². The van der Waals surface area contributed by atoms with Crippen molar-refractivity contribution < 1.29 is 4.79 Å². The molecule has 0 bridgehead atoms. The molecule has 0 unspecified atom stereocenters. The van der Waals surface area contributed by atoms with Gasteiger partial charge in [-0.2, -0.15) is 0 Å². The van der Waals surface area contributed by atoms with Gasteiger partial charge in [0.15, 0.2) is 5.78 Å². The molecule has 100 valence electrons. The molecule has 0 saturated carbocycles. The molecule has 0 radical (unpaired) electrons. The van der Waals surface area contributed by atoms with E-state index in [1.165, 1.54) is 25.0 Å². The molecule has 2 N–H and O–H groups in total. The topological polar surface area (TPSA) is 44.9 Å². The Kier molecular flexibility index (Phi) is 4.23. The molecule has 1 aliphatic rings. The Balaban J connectivity index is 2.01. The number of aromatic nitrogens is 1. The van der Waals surface area contributed by atoms with Crippen LogP contribution in [-0.2, 0) is 6.42 Å². The average molecular weight is 248 g/mol. The fraction of sp³-hybridized carbons (Fsp3) is 0.667. The average Bonchev–Trinajstić information content (AvgIpc) is 2.63. The van der Waals surface area contributed by atoms with Gasteiger partial charge in [0.25, 0.3) is 0 Å². The lowest BCUT2D eigenvalue weighted by Crippen LogP contribution is -2.27. The maximum absolute atomic E-state index is 11.6. The van der Waals surface area contributed by atoms with Gasteiger partial charge in [-0.25, -0.2) is 0 Å². The molecule has 3 nitrogen and oxygen atoms in total. The Morgan fingerprint density at radius 1 is 1.28 bits per heavy atom. The third-order valence-electron chi connectivity index (χ3n) is 4.15. The maximum atomic E-state index is 11.6. The second-order valence-corrected chi connectivity index (χ2v) is 5.52. The van der Waals surface area contributed by atoms with E-state index in [9.17, 15) is 4.79 Å². The minimum absolute atomic E-state index is 0.175. The number of ketones is 1. The van der Waals surface area contributed by atoms with Crippen molar-refractivity contribution in [3.05, 3.63) is 22.5 Å². The monoisotopic (exact) mass is 248 g/mol. The molecule has 0 spiro atoms. The minimum Gasteiger partial charge on any atom is -0.362 e. The van der Waals surface area contributed by atoms with E-state index in [1.807, 2.05) is 6.92 Å². The van der Waals surface area contributed by atoms with Crippen molar-refractivity contribution in [2.45, 2.75) is 46.5 Å². The Bertz CT molecular complexity index is 428. The third-order valence-corrected chi connectivity index (χ3v) is 4.15. The summed E-state index contributed by atoms with van der Waals surface area (Å²) in [5, 5.41) is 3.40. The fourth-order valence-electron chi connectivity index (χ4n) is 3.11. The number of aryl methyl sites for hydroxylation is 2. The van der Waals surface area contributed by atoms with Crippen LogP contribution in [0, 0.1) is 19.8 Å². The number of carbonyl (C=O) groups is 1. The molecule has 0 amide bonds. The number of piperidine rings is 1. The predicted molar refractivity (Wildman–Crippen MR) is 74.2 cm³/mol. The van der Waals surface area contributed by atoms with Crippen LogP contribution in [0.5, 0.6) is 0 Å². The van der Waals surface area contributed by atoms with Gasteiger partial charge < -0.3 is 10.3 Å². The van der Waals surface area contributed by atoms with Crippen LogP contribution in [0.25, 0.3) is 0 Å². The molecular weight excluding hydrogens is 224 g/mol. The van der Waals surface area contributed by atoms with Crippen molar-refractivity contribution in [3.8, 4) is 0 Å². The smallest absolute Gasteiger partial charge is 0.161 e. The SMILES string of the molecule is CC(=O)c1c(C)[nH]c(CCC2CCNCC2)c1C. The van der Waals surface area contributed by atoms with Crippen LogP contribution in [0.1, 0.15) is 53.5 Å². The summed E-state index contributed by atoms with van der Waals surface area (Å²) in [5.41, 5.74) is 4.35. The molecule has 1 fully saturated rings. The highest BCUT2D eigenvalue weighted by Gasteiger charge is 2.17. The molecular formula is C15H24N2O. The van der Waals surface area contributed by atoms with Crippen LogP contribution < -0.4 is 5.32 Å². The molecule has 2 heterocycles. The highest BCUT2D eigenvalue weighted by atomic mass is 16.1. The standard InChI is InChI=1S/C15H24N2O/c1-10-14(17-11(2)15(10)12(3)18)5-4-13-6-8-16-9-7-13/h13,16-17H,4-9H2,1-3H3. The summed E-state index contributed by atoms with van der Waals surface area (Å²) < 4.78 is 0. The van der Waals surface area contributed by atoms with Crippen LogP contribution in [0.2, 0.25) is 0 Å². The van der Waals surface area contributed by atoms with Gasteiger partial charge in [0.05, 0.1) is 0 Å². The van der Waals surface area contributed by atoms with Crippen LogP contribution >= 0.6 is 0 Å². The zero-order valence-corrected chi connectivity index (χ0v) is 11.7. The first kappa shape index (κ1) is 13.3. The lowest BCUT2D eigenvalue weighted by molar-refractivity contribution is 0.101. The van der Waals surface area contributed by atoms with Crippen molar-refractivity contribution >= 4 is 5.78 Å². The zero-order chi connectivity index (χ0) is 13.1. The fourth-order valence-corrected chi connectivity index (χ4v) is 3.11. The number of nitrogens with one attached hydrogen (secondary N) is 2. The van der Waals surface area contributed by atoms with E-state index in [0.29, 0.717) is 0 Å². The van der Waals surface area contributed by atoms with Crippen LogP contribution in [-0.4, -0.2) is 23.9 Å². The second-order valence-electron chi connectivity index (χ2n) is 5.52. The lowest BCUT2D eigenvalue weighted by Gasteiger charge is -2.22. The molecule has 18 heavy (non-hydrogen) atoms. The number of rotatable bonds is 4. The minimum atomic E-state index is 0.175. The first-order chi connectivity index (χ1) is 8.59. The molecule has 1 saturated heterocycles. The van der Waals surface area contributed by atoms with Crippen molar-refractivity contribution in [2.75, 3.05) is 13.1 Å². The van der Waals surface area contributed by atoms with E-state index >= 15 is 0 Å². The number of hydrogen-bond acceptors (Lipinski definition) is 2. The number of hydrogen-bond donors (Lipinski definition) is 2. The Morgan fingerprint density at radius 2 is 1.94 bits per heavy atom. The van der Waals surface area contributed by atoms with Crippen LogP contribution in [0.4, 0.5) is 0 Å². The highest BCUT2D eigenvalue weighted by molar-refractivity contribution is 5.97. The van der Waals surface area contributed by atoms with Gasteiger partial charge in [0, 0.05) is 17.0 Å². The molecule has 3 heteroatoms. The Labute approximate surface area is 109 Å². The lowest BCUT2D eigenvalue weighted by atomic mass is 9.92. The summed E-state index contributed by atoms with van der Waals surface area (Å²) in [4.78, 5) is 15.0. The number of aromatic amines is 1. The normalized spacial score (nSPS) is 17.1. The molecule has 2 rings (SSSR count). The third kappa shape index (κ3) is 2.83. The zero-order valence-electron chi connectivity index (χ0n) is 11.7. The Hall–Kier alpha value is -1.09. The van der Waals surface area contributed by atoms with Crippen molar-refractivity contribution in [1.29, 1.82) is 0 Å². The molecule has 1 aromatic rings. The number of carbonyl (C=O) groups excluding carboxylic acids is 1. The molecule has 0 atom stereocenters. The van der Waals surface area contributed by atoms with Crippen LogP contribution in [0.15, 0.2) is 0 Å². The summed E-state index contributed by atoms with van der Waals surface area (Å²) in [6.45, 7) is 8.04. The number of H-pyrrole nitrogens is 1. The molecule has 0 aromatic carbocycles. The van der Waals surface area contributed by atoms with Gasteiger partial charge in [-0.05, 0) is 71.0 Å². The second kappa shape index (κ2) is 5.70. The van der Waals surface area contributed by atoms with E-state index in [-0.39, 0.29) is 5.78 Å². The van der Waals surface area contributed by atoms with Gasteiger partial charge >= 0.3 is 0 Å². The summed E-state index contributed by atoms with van der Waals surface area (Å²) in [6, 6.07) is 0. The van der Waals surface area contributed by atoms with E-state index in [0.717, 1.165) is 42.2 Å².